The van der Waals surface area contributed by atoms with Crippen LogP contribution < -0.4 is 4.90 Å². The zero-order valence-corrected chi connectivity index (χ0v) is 11.9. The van der Waals surface area contributed by atoms with Gasteiger partial charge in [0.25, 0.3) is 0 Å². The van der Waals surface area contributed by atoms with Gasteiger partial charge >= 0.3 is 0 Å². The van der Waals surface area contributed by atoms with Gasteiger partial charge in [-0.25, -0.2) is 4.90 Å². The quantitative estimate of drug-likeness (QED) is 0.735. The number of benzene rings is 1. The van der Waals surface area contributed by atoms with Crippen LogP contribution in [-0.2, 0) is 9.59 Å². The van der Waals surface area contributed by atoms with Gasteiger partial charge in [-0.1, -0.05) is 12.1 Å². The summed E-state index contributed by atoms with van der Waals surface area (Å²) in [6, 6.07) is 5.98. The Morgan fingerprint density at radius 1 is 1.00 bits per heavy atom. The summed E-state index contributed by atoms with van der Waals surface area (Å²) in [7, 11) is 0. The number of aryl methyl sites for hydroxylation is 2. The average molecular weight is 269 g/mol. The monoisotopic (exact) mass is 269 g/mol. The van der Waals surface area contributed by atoms with Crippen LogP contribution in [0.1, 0.15) is 30.4 Å². The molecule has 1 aromatic carbocycles. The van der Waals surface area contributed by atoms with Crippen molar-refractivity contribution in [3.05, 3.63) is 29.3 Å². The van der Waals surface area contributed by atoms with Crippen molar-refractivity contribution in [1.29, 1.82) is 0 Å². The third kappa shape index (κ3) is 1.41. The molecule has 3 nitrogen and oxygen atoms in total. The summed E-state index contributed by atoms with van der Waals surface area (Å²) in [5.74, 6) is 0.970. The SMILES string of the molecule is Cc1ccc(C)c(N2C(=O)[C@H]3[C@H]4CC[C@@H](C4)[C@@H]3C2=O)c1. The lowest BCUT2D eigenvalue weighted by Gasteiger charge is -2.19. The highest BCUT2D eigenvalue weighted by molar-refractivity contribution is 6.23. The molecule has 0 spiro atoms. The normalized spacial score (nSPS) is 35.0. The summed E-state index contributed by atoms with van der Waals surface area (Å²) < 4.78 is 0. The molecule has 0 radical (unpaired) electrons. The second kappa shape index (κ2) is 3.94. The minimum absolute atomic E-state index is 0.0267. The van der Waals surface area contributed by atoms with Crippen molar-refractivity contribution in [3.8, 4) is 0 Å². The molecule has 2 saturated carbocycles. The first-order valence-electron chi connectivity index (χ1n) is 7.53. The first-order valence-corrected chi connectivity index (χ1v) is 7.53. The van der Waals surface area contributed by atoms with Crippen LogP contribution in [0.3, 0.4) is 0 Å². The van der Waals surface area contributed by atoms with Crippen LogP contribution in [0.5, 0.6) is 0 Å². The Bertz CT molecular complexity index is 593. The fourth-order valence-electron chi connectivity index (χ4n) is 4.61. The van der Waals surface area contributed by atoms with Crippen molar-refractivity contribution in [1.82, 2.24) is 0 Å². The number of nitrogens with zero attached hydrogens (tertiary/aromatic N) is 1. The molecule has 0 N–H and O–H groups in total. The van der Waals surface area contributed by atoms with E-state index in [9.17, 15) is 9.59 Å². The minimum atomic E-state index is -0.0267. The molecule has 3 fully saturated rings. The average Bonchev–Trinajstić information content (AvgIpc) is 3.08. The maximum absolute atomic E-state index is 12.8. The molecular formula is C17H19NO2. The van der Waals surface area contributed by atoms with E-state index in [0.717, 1.165) is 36.1 Å². The van der Waals surface area contributed by atoms with Gasteiger partial charge in [-0.05, 0) is 62.1 Å². The molecule has 2 amide bonds. The second-order valence-electron chi connectivity index (χ2n) is 6.69. The highest BCUT2D eigenvalue weighted by Crippen LogP contribution is 2.56. The number of rotatable bonds is 1. The van der Waals surface area contributed by atoms with E-state index in [1.54, 1.807) is 0 Å². The van der Waals surface area contributed by atoms with Crippen molar-refractivity contribution in [2.45, 2.75) is 33.1 Å². The lowest BCUT2D eigenvalue weighted by Crippen LogP contribution is -2.33. The van der Waals surface area contributed by atoms with Crippen molar-refractivity contribution >= 4 is 17.5 Å². The molecule has 3 aliphatic rings. The van der Waals surface area contributed by atoms with Crippen LogP contribution in [-0.4, -0.2) is 11.8 Å². The largest absolute Gasteiger partial charge is 0.274 e. The predicted octanol–water partition coefficient (Wildman–Crippen LogP) is 2.84. The van der Waals surface area contributed by atoms with E-state index in [-0.39, 0.29) is 23.7 Å². The fraction of sp³-hybridized carbons (Fsp3) is 0.529. The van der Waals surface area contributed by atoms with Gasteiger partial charge in [-0.3, -0.25) is 9.59 Å². The Hall–Kier alpha value is -1.64. The van der Waals surface area contributed by atoms with E-state index < -0.39 is 0 Å². The lowest BCUT2D eigenvalue weighted by atomic mass is 9.81. The molecule has 20 heavy (non-hydrogen) atoms. The molecule has 1 aliphatic heterocycles. The van der Waals surface area contributed by atoms with E-state index in [1.807, 2.05) is 32.0 Å². The number of amides is 2. The highest BCUT2D eigenvalue weighted by Gasteiger charge is 2.61. The van der Waals surface area contributed by atoms with Gasteiger partial charge in [0.2, 0.25) is 11.8 Å². The molecule has 4 rings (SSSR count). The summed E-state index contributed by atoms with van der Waals surface area (Å²) in [5.41, 5.74) is 2.89. The molecule has 3 heteroatoms. The number of carbonyl (C=O) groups is 2. The van der Waals surface area contributed by atoms with Gasteiger partial charge < -0.3 is 0 Å². The Morgan fingerprint density at radius 3 is 2.20 bits per heavy atom. The highest BCUT2D eigenvalue weighted by atomic mass is 16.2. The van der Waals surface area contributed by atoms with Crippen LogP contribution in [0.4, 0.5) is 5.69 Å². The fourth-order valence-corrected chi connectivity index (χ4v) is 4.61. The second-order valence-corrected chi connectivity index (χ2v) is 6.69. The number of hydrogen-bond donors (Lipinski definition) is 0. The third-order valence-electron chi connectivity index (χ3n) is 5.53. The zero-order valence-electron chi connectivity index (χ0n) is 11.9. The Labute approximate surface area is 119 Å². The Morgan fingerprint density at radius 2 is 1.60 bits per heavy atom. The maximum Gasteiger partial charge on any atom is 0.237 e. The van der Waals surface area contributed by atoms with Crippen molar-refractivity contribution in [3.63, 3.8) is 0 Å². The lowest BCUT2D eigenvalue weighted by molar-refractivity contribution is -0.123. The van der Waals surface area contributed by atoms with E-state index in [2.05, 4.69) is 0 Å². The number of fused-ring (bicyclic) bond motifs is 5. The number of imide groups is 1. The molecule has 2 aliphatic carbocycles. The van der Waals surface area contributed by atoms with Gasteiger partial charge in [0.15, 0.2) is 0 Å². The molecule has 0 aromatic heterocycles. The van der Waals surface area contributed by atoms with Crippen LogP contribution in [0, 0.1) is 37.5 Å². The van der Waals surface area contributed by atoms with Crippen LogP contribution in [0.2, 0.25) is 0 Å². The molecule has 1 saturated heterocycles. The van der Waals surface area contributed by atoms with E-state index in [0.29, 0.717) is 11.8 Å². The number of carbonyl (C=O) groups excluding carboxylic acids is 2. The zero-order chi connectivity index (χ0) is 14.0. The van der Waals surface area contributed by atoms with E-state index >= 15 is 0 Å². The topological polar surface area (TPSA) is 37.4 Å². The van der Waals surface area contributed by atoms with E-state index in [1.165, 1.54) is 4.90 Å². The van der Waals surface area contributed by atoms with Crippen molar-refractivity contribution < 1.29 is 9.59 Å². The number of hydrogen-bond acceptors (Lipinski definition) is 2. The van der Waals surface area contributed by atoms with Gasteiger partial charge in [0.1, 0.15) is 0 Å². The summed E-state index contributed by atoms with van der Waals surface area (Å²) in [6.45, 7) is 3.97. The van der Waals surface area contributed by atoms with E-state index in [4.69, 9.17) is 0 Å². The molecular weight excluding hydrogens is 250 g/mol. The molecule has 104 valence electrons. The third-order valence-corrected chi connectivity index (χ3v) is 5.53. The first-order chi connectivity index (χ1) is 9.58. The van der Waals surface area contributed by atoms with Crippen LogP contribution >= 0.6 is 0 Å². The minimum Gasteiger partial charge on any atom is -0.274 e. The molecule has 1 aromatic rings. The summed E-state index contributed by atoms with van der Waals surface area (Å²) in [6.07, 6.45) is 3.35. The smallest absolute Gasteiger partial charge is 0.237 e. The van der Waals surface area contributed by atoms with Crippen LogP contribution in [0.15, 0.2) is 18.2 Å². The molecule has 2 bridgehead atoms. The first kappa shape index (κ1) is 12.1. The molecule has 0 unspecified atom stereocenters. The Kier molecular flexibility index (Phi) is 2.39. The summed E-state index contributed by atoms with van der Waals surface area (Å²) >= 11 is 0. The maximum atomic E-state index is 12.8. The standard InChI is InChI=1S/C17H19NO2/c1-9-3-4-10(2)13(7-9)18-16(19)14-11-5-6-12(8-11)15(14)17(18)20/h3-4,7,11-12,14-15H,5-6,8H2,1-2H3/t11-,12-,14-,15-/m0/s1. The summed E-state index contributed by atoms with van der Waals surface area (Å²) in [4.78, 5) is 27.0. The molecule has 4 atom stereocenters. The van der Waals surface area contributed by atoms with Gasteiger partial charge in [-0.15, -0.1) is 0 Å². The predicted molar refractivity (Wildman–Crippen MR) is 76.2 cm³/mol. The summed E-state index contributed by atoms with van der Waals surface area (Å²) in [5, 5.41) is 0. The van der Waals surface area contributed by atoms with Gasteiger partial charge in [0.05, 0.1) is 17.5 Å². The van der Waals surface area contributed by atoms with Crippen molar-refractivity contribution in [2.75, 3.05) is 4.90 Å². The van der Waals surface area contributed by atoms with Gasteiger partial charge in [-0.2, -0.15) is 0 Å². The number of anilines is 1. The van der Waals surface area contributed by atoms with Gasteiger partial charge in [0, 0.05) is 0 Å². The van der Waals surface area contributed by atoms with Crippen LogP contribution in [0.25, 0.3) is 0 Å². The molecule has 1 heterocycles. The Balaban J connectivity index is 1.79. The van der Waals surface area contributed by atoms with Crippen molar-refractivity contribution in [2.24, 2.45) is 23.7 Å².